The van der Waals surface area contributed by atoms with Crippen LogP contribution in [0.2, 0.25) is 0 Å². The molecule has 0 aromatic heterocycles. The summed E-state index contributed by atoms with van der Waals surface area (Å²) in [5.41, 5.74) is 9.94. The maximum Gasteiger partial charge on any atom is 0.171 e. The van der Waals surface area contributed by atoms with Crippen molar-refractivity contribution in [2.45, 2.75) is 38.5 Å². The molecule has 186 valence electrons. The minimum Gasteiger partial charge on any atom is -0.309 e. The molecule has 0 bridgehead atoms. The van der Waals surface area contributed by atoms with Crippen molar-refractivity contribution in [1.29, 1.82) is 0 Å². The molecule has 0 unspecified atom stereocenters. The van der Waals surface area contributed by atoms with Gasteiger partial charge < -0.3 is 4.57 Å². The molecule has 2 aliphatic rings. The van der Waals surface area contributed by atoms with Gasteiger partial charge in [0.15, 0.2) is 7.14 Å². The molecule has 0 radical (unpaired) electrons. The third-order valence-electron chi connectivity index (χ3n) is 8.98. The van der Waals surface area contributed by atoms with Crippen LogP contribution < -0.4 is 15.9 Å². The first-order valence-corrected chi connectivity index (χ1v) is 15.1. The Hall–Kier alpha value is -3.67. The number of hydrogen-bond acceptors (Lipinski definition) is 1. The SMILES string of the molecule is CC1(C)c2ccccc2-c2ccc(P(=O)(c3ccccc3)c3ccc4c(c3)C(C)(C)c3ccccc3-4)cc21. The van der Waals surface area contributed by atoms with Gasteiger partial charge in [-0.05, 0) is 56.6 Å². The van der Waals surface area contributed by atoms with Gasteiger partial charge in [-0.15, -0.1) is 0 Å². The second-order valence-electron chi connectivity index (χ2n) is 11.7. The maximum absolute atomic E-state index is 15.6. The average molecular weight is 511 g/mol. The van der Waals surface area contributed by atoms with Gasteiger partial charge in [0.1, 0.15) is 0 Å². The predicted octanol–water partition coefficient (Wildman–Crippen LogP) is 7.94. The van der Waals surface area contributed by atoms with Crippen molar-refractivity contribution >= 4 is 23.1 Å². The van der Waals surface area contributed by atoms with Crippen LogP contribution in [0.5, 0.6) is 0 Å². The lowest BCUT2D eigenvalue weighted by Gasteiger charge is -2.26. The number of rotatable bonds is 3. The molecule has 0 aliphatic heterocycles. The monoisotopic (exact) mass is 510 g/mol. The molecule has 0 saturated heterocycles. The van der Waals surface area contributed by atoms with Crippen LogP contribution >= 0.6 is 7.14 Å². The van der Waals surface area contributed by atoms with Gasteiger partial charge in [0.2, 0.25) is 0 Å². The Morgan fingerprint density at radius 2 is 0.816 bits per heavy atom. The lowest BCUT2D eigenvalue weighted by Crippen LogP contribution is -2.27. The lowest BCUT2D eigenvalue weighted by atomic mass is 9.82. The van der Waals surface area contributed by atoms with E-state index >= 15 is 4.57 Å². The Balaban J connectivity index is 1.46. The van der Waals surface area contributed by atoms with Crippen molar-refractivity contribution in [2.24, 2.45) is 0 Å². The summed E-state index contributed by atoms with van der Waals surface area (Å²) in [5, 5.41) is 2.68. The second-order valence-corrected chi connectivity index (χ2v) is 14.5. The fourth-order valence-electron chi connectivity index (χ4n) is 6.86. The highest BCUT2D eigenvalue weighted by Gasteiger charge is 2.40. The van der Waals surface area contributed by atoms with E-state index in [4.69, 9.17) is 0 Å². The Labute approximate surface area is 225 Å². The molecular weight excluding hydrogens is 479 g/mol. The fourth-order valence-corrected chi connectivity index (χ4v) is 9.54. The molecule has 2 heteroatoms. The summed E-state index contributed by atoms with van der Waals surface area (Å²) in [7, 11) is -3.14. The van der Waals surface area contributed by atoms with Gasteiger partial charge >= 0.3 is 0 Å². The van der Waals surface area contributed by atoms with E-state index in [0.717, 1.165) is 15.9 Å². The molecule has 1 nitrogen and oxygen atoms in total. The minimum absolute atomic E-state index is 0.148. The quantitative estimate of drug-likeness (QED) is 0.225. The van der Waals surface area contributed by atoms with E-state index in [1.54, 1.807) is 0 Å². The van der Waals surface area contributed by atoms with Crippen molar-refractivity contribution < 1.29 is 4.57 Å². The smallest absolute Gasteiger partial charge is 0.171 e. The van der Waals surface area contributed by atoms with E-state index in [9.17, 15) is 0 Å². The van der Waals surface area contributed by atoms with E-state index in [0.29, 0.717) is 0 Å². The van der Waals surface area contributed by atoms with Gasteiger partial charge in [0.25, 0.3) is 0 Å². The molecule has 0 saturated carbocycles. The molecule has 0 spiro atoms. The fraction of sp³-hybridized carbons (Fsp3) is 0.167. The molecule has 5 aromatic rings. The topological polar surface area (TPSA) is 17.1 Å². The van der Waals surface area contributed by atoms with E-state index < -0.39 is 7.14 Å². The number of hydrogen-bond donors (Lipinski definition) is 0. The average Bonchev–Trinajstić information content (AvgIpc) is 3.32. The maximum atomic E-state index is 15.6. The third kappa shape index (κ3) is 3.03. The van der Waals surface area contributed by atoms with Crippen molar-refractivity contribution in [3.63, 3.8) is 0 Å². The Bertz CT molecular complexity index is 1680. The molecule has 7 rings (SSSR count). The lowest BCUT2D eigenvalue weighted by molar-refractivity contribution is 0.592. The molecular formula is C36H31OP. The normalized spacial score (nSPS) is 15.9. The zero-order valence-corrected chi connectivity index (χ0v) is 23.2. The van der Waals surface area contributed by atoms with E-state index in [2.05, 4.69) is 113 Å². The van der Waals surface area contributed by atoms with Gasteiger partial charge in [0.05, 0.1) is 0 Å². The van der Waals surface area contributed by atoms with E-state index in [1.165, 1.54) is 44.5 Å². The summed E-state index contributed by atoms with van der Waals surface area (Å²) in [6.07, 6.45) is 0. The zero-order valence-electron chi connectivity index (χ0n) is 22.3. The second kappa shape index (κ2) is 7.92. The molecule has 2 aliphatic carbocycles. The van der Waals surface area contributed by atoms with Crippen LogP contribution in [0.3, 0.4) is 0 Å². The van der Waals surface area contributed by atoms with Crippen molar-refractivity contribution in [3.8, 4) is 22.3 Å². The summed E-state index contributed by atoms with van der Waals surface area (Å²) < 4.78 is 15.6. The highest BCUT2D eigenvalue weighted by Crippen LogP contribution is 2.53. The van der Waals surface area contributed by atoms with Crippen molar-refractivity contribution in [1.82, 2.24) is 0 Å². The van der Waals surface area contributed by atoms with Gasteiger partial charge in [-0.25, -0.2) is 0 Å². The number of benzene rings is 5. The zero-order chi connectivity index (χ0) is 26.3. The van der Waals surface area contributed by atoms with E-state index in [-0.39, 0.29) is 10.8 Å². The van der Waals surface area contributed by atoms with Gasteiger partial charge in [-0.2, -0.15) is 0 Å². The predicted molar refractivity (Wildman–Crippen MR) is 161 cm³/mol. The van der Waals surface area contributed by atoms with Crippen LogP contribution in [-0.2, 0) is 15.4 Å². The van der Waals surface area contributed by atoms with Gasteiger partial charge in [-0.3, -0.25) is 0 Å². The third-order valence-corrected chi connectivity index (χ3v) is 12.0. The Morgan fingerprint density at radius 1 is 0.421 bits per heavy atom. The molecule has 5 aromatic carbocycles. The Morgan fingerprint density at radius 3 is 1.29 bits per heavy atom. The summed E-state index contributed by atoms with van der Waals surface area (Å²) in [4.78, 5) is 0. The molecule has 0 amide bonds. The number of fused-ring (bicyclic) bond motifs is 6. The summed E-state index contributed by atoms with van der Waals surface area (Å²) >= 11 is 0. The molecule has 38 heavy (non-hydrogen) atoms. The first-order chi connectivity index (χ1) is 18.2. The molecule has 0 N–H and O–H groups in total. The molecule has 0 heterocycles. The highest BCUT2D eigenvalue weighted by atomic mass is 31.2. The van der Waals surface area contributed by atoms with Crippen LogP contribution in [0.25, 0.3) is 22.3 Å². The van der Waals surface area contributed by atoms with E-state index in [1.807, 2.05) is 30.3 Å². The van der Waals surface area contributed by atoms with Gasteiger partial charge in [-0.1, -0.05) is 131 Å². The van der Waals surface area contributed by atoms with Crippen LogP contribution in [-0.4, -0.2) is 0 Å². The summed E-state index contributed by atoms with van der Waals surface area (Å²) in [6, 6.07) is 40.5. The summed E-state index contributed by atoms with van der Waals surface area (Å²) in [6.45, 7) is 9.13. The molecule has 0 fully saturated rings. The summed E-state index contributed by atoms with van der Waals surface area (Å²) in [5.74, 6) is 0. The highest BCUT2D eigenvalue weighted by molar-refractivity contribution is 7.85. The standard InChI is InChI=1S/C36H31OP/c1-35(2)31-16-10-8-14-27(31)29-20-18-25(22-33(29)35)38(37,24-12-6-5-7-13-24)26-19-21-30-28-15-9-11-17-32(28)36(3,4)34(30)23-26/h5-23H,1-4H3. The first kappa shape index (κ1) is 23.4. The van der Waals surface area contributed by atoms with Crippen LogP contribution in [0, 0.1) is 0 Å². The first-order valence-electron chi connectivity index (χ1n) is 13.4. The van der Waals surface area contributed by atoms with Crippen LogP contribution in [0.1, 0.15) is 49.9 Å². The van der Waals surface area contributed by atoms with Gasteiger partial charge in [0, 0.05) is 26.7 Å². The largest absolute Gasteiger partial charge is 0.309 e. The molecule has 0 atom stereocenters. The van der Waals surface area contributed by atoms with Crippen molar-refractivity contribution in [3.05, 3.63) is 138 Å². The van der Waals surface area contributed by atoms with Crippen LogP contribution in [0.15, 0.2) is 115 Å². The van der Waals surface area contributed by atoms with Crippen molar-refractivity contribution in [2.75, 3.05) is 0 Å². The Kier molecular flexibility index (Phi) is 4.89. The van der Waals surface area contributed by atoms with Crippen LogP contribution in [0.4, 0.5) is 0 Å². The minimum atomic E-state index is -3.14.